The summed E-state index contributed by atoms with van der Waals surface area (Å²) in [4.78, 5) is 12.6. The lowest BCUT2D eigenvalue weighted by Crippen LogP contribution is -2.01. The van der Waals surface area contributed by atoms with Crippen LogP contribution < -0.4 is 14.2 Å². The van der Waals surface area contributed by atoms with Gasteiger partial charge >= 0.3 is 0 Å². The Morgan fingerprint density at radius 2 is 1.72 bits per heavy atom. The smallest absolute Gasteiger partial charge is 0.231 e. The number of methoxy groups -OCH3 is 1. The third-order valence-corrected chi connectivity index (χ3v) is 4.48. The third kappa shape index (κ3) is 3.82. The summed E-state index contributed by atoms with van der Waals surface area (Å²) >= 11 is 0. The zero-order valence-electron chi connectivity index (χ0n) is 15.4. The van der Waals surface area contributed by atoms with Crippen LogP contribution >= 0.6 is 0 Å². The highest BCUT2D eigenvalue weighted by molar-refractivity contribution is 6.14. The van der Waals surface area contributed by atoms with E-state index in [9.17, 15) is 13.6 Å². The van der Waals surface area contributed by atoms with Gasteiger partial charge in [-0.15, -0.1) is 0 Å². The van der Waals surface area contributed by atoms with E-state index in [1.807, 2.05) is 12.1 Å². The van der Waals surface area contributed by atoms with Gasteiger partial charge in [-0.3, -0.25) is 4.79 Å². The van der Waals surface area contributed by atoms with Crippen molar-refractivity contribution in [3.63, 3.8) is 0 Å². The van der Waals surface area contributed by atoms with E-state index in [-0.39, 0.29) is 23.7 Å². The summed E-state index contributed by atoms with van der Waals surface area (Å²) in [5.41, 5.74) is 0.985. The molecule has 6 heteroatoms. The van der Waals surface area contributed by atoms with Crippen molar-refractivity contribution in [2.24, 2.45) is 0 Å². The molecular weight excluding hydrogens is 378 g/mol. The van der Waals surface area contributed by atoms with Crippen molar-refractivity contribution in [3.05, 3.63) is 94.7 Å². The van der Waals surface area contributed by atoms with Crippen molar-refractivity contribution >= 4 is 11.9 Å². The molecule has 3 aromatic carbocycles. The minimum Gasteiger partial charge on any atom is -0.497 e. The Balaban J connectivity index is 1.53. The molecule has 4 rings (SSSR count). The second kappa shape index (κ2) is 7.75. The SMILES string of the molecule is COc1cccc(/C=C2\Oc3cc(OCc4c(F)cccc4F)ccc3C2=O)c1. The number of ketones is 1. The zero-order chi connectivity index (χ0) is 20.4. The fourth-order valence-corrected chi connectivity index (χ4v) is 2.97. The van der Waals surface area contributed by atoms with Gasteiger partial charge in [-0.05, 0) is 48.0 Å². The van der Waals surface area contributed by atoms with Crippen LogP contribution in [0.25, 0.3) is 6.08 Å². The second-order valence-electron chi connectivity index (χ2n) is 6.36. The van der Waals surface area contributed by atoms with Crippen LogP contribution in [0.3, 0.4) is 0 Å². The summed E-state index contributed by atoms with van der Waals surface area (Å²) in [5.74, 6) is -0.113. The number of Topliss-reactive ketones (excluding diaryl/α,β-unsaturated/α-hetero) is 1. The summed E-state index contributed by atoms with van der Waals surface area (Å²) in [6.07, 6.45) is 1.63. The average molecular weight is 394 g/mol. The first-order valence-electron chi connectivity index (χ1n) is 8.83. The number of hydrogen-bond donors (Lipinski definition) is 0. The highest BCUT2D eigenvalue weighted by Gasteiger charge is 2.27. The molecule has 0 saturated heterocycles. The fourth-order valence-electron chi connectivity index (χ4n) is 2.97. The summed E-state index contributed by atoms with van der Waals surface area (Å²) in [7, 11) is 1.56. The lowest BCUT2D eigenvalue weighted by atomic mass is 10.1. The fraction of sp³-hybridized carbons (Fsp3) is 0.0870. The van der Waals surface area contributed by atoms with Gasteiger partial charge in [0.2, 0.25) is 5.78 Å². The van der Waals surface area contributed by atoms with Gasteiger partial charge in [0.15, 0.2) is 5.76 Å². The Labute approximate surface area is 166 Å². The molecule has 1 heterocycles. The number of carbonyl (C=O) groups excluding carboxylic acids is 1. The Morgan fingerprint density at radius 1 is 0.966 bits per heavy atom. The molecule has 0 unspecified atom stereocenters. The van der Waals surface area contributed by atoms with Crippen LogP contribution in [-0.4, -0.2) is 12.9 Å². The number of carbonyl (C=O) groups is 1. The van der Waals surface area contributed by atoms with Crippen molar-refractivity contribution in [3.8, 4) is 17.2 Å². The van der Waals surface area contributed by atoms with Crippen molar-refractivity contribution in [1.82, 2.24) is 0 Å². The van der Waals surface area contributed by atoms with Crippen LogP contribution in [0.2, 0.25) is 0 Å². The van der Waals surface area contributed by atoms with E-state index >= 15 is 0 Å². The van der Waals surface area contributed by atoms with Gasteiger partial charge in [-0.1, -0.05) is 18.2 Å². The van der Waals surface area contributed by atoms with Crippen LogP contribution in [0.4, 0.5) is 8.78 Å². The first kappa shape index (κ1) is 18.7. The van der Waals surface area contributed by atoms with E-state index in [4.69, 9.17) is 14.2 Å². The van der Waals surface area contributed by atoms with E-state index in [0.717, 1.165) is 5.56 Å². The van der Waals surface area contributed by atoms with Crippen LogP contribution in [0, 0.1) is 11.6 Å². The monoisotopic (exact) mass is 394 g/mol. The molecular formula is C23H16F2O4. The normalized spacial score (nSPS) is 13.9. The van der Waals surface area contributed by atoms with Crippen molar-refractivity contribution in [2.75, 3.05) is 7.11 Å². The number of fused-ring (bicyclic) bond motifs is 1. The molecule has 0 amide bonds. The van der Waals surface area contributed by atoms with Gasteiger partial charge in [0.1, 0.15) is 35.5 Å². The highest BCUT2D eigenvalue weighted by atomic mass is 19.1. The molecule has 0 bridgehead atoms. The molecule has 4 nitrogen and oxygen atoms in total. The van der Waals surface area contributed by atoms with Crippen molar-refractivity contribution in [1.29, 1.82) is 0 Å². The average Bonchev–Trinajstić information content (AvgIpc) is 3.02. The minimum absolute atomic E-state index is 0.163. The summed E-state index contributed by atoms with van der Waals surface area (Å²) in [6.45, 7) is -0.280. The maximum absolute atomic E-state index is 13.7. The van der Waals surface area contributed by atoms with E-state index in [0.29, 0.717) is 22.8 Å². The molecule has 0 N–H and O–H groups in total. The zero-order valence-corrected chi connectivity index (χ0v) is 15.4. The summed E-state index contributed by atoms with van der Waals surface area (Å²) in [6, 6.07) is 15.5. The Hall–Kier alpha value is -3.67. The van der Waals surface area contributed by atoms with Crippen LogP contribution in [0.15, 0.2) is 66.4 Å². The van der Waals surface area contributed by atoms with E-state index < -0.39 is 11.6 Å². The summed E-state index contributed by atoms with van der Waals surface area (Å²) < 4.78 is 43.8. The van der Waals surface area contributed by atoms with Crippen molar-refractivity contribution < 1.29 is 27.8 Å². The van der Waals surface area contributed by atoms with Gasteiger partial charge in [0, 0.05) is 6.07 Å². The van der Waals surface area contributed by atoms with Crippen LogP contribution in [0.5, 0.6) is 17.2 Å². The standard InChI is InChI=1S/C23H16F2O4/c1-27-15-5-2-4-14(10-15)11-22-23(26)17-9-8-16(12-21(17)29-22)28-13-18-19(24)6-3-7-20(18)25/h2-12H,13H2,1H3/b22-11-. The first-order chi connectivity index (χ1) is 14.0. The van der Waals surface area contributed by atoms with E-state index in [2.05, 4.69) is 0 Å². The van der Waals surface area contributed by atoms with Gasteiger partial charge in [0.05, 0.1) is 18.2 Å². The van der Waals surface area contributed by atoms with Gasteiger partial charge in [-0.2, -0.15) is 0 Å². The number of ether oxygens (including phenoxy) is 3. The number of benzene rings is 3. The van der Waals surface area contributed by atoms with Gasteiger partial charge in [0.25, 0.3) is 0 Å². The quantitative estimate of drug-likeness (QED) is 0.560. The molecule has 1 aliphatic rings. The minimum atomic E-state index is -0.680. The third-order valence-electron chi connectivity index (χ3n) is 4.48. The first-order valence-corrected chi connectivity index (χ1v) is 8.83. The predicted octanol–water partition coefficient (Wildman–Crippen LogP) is 5.17. The Bertz CT molecular complexity index is 1100. The summed E-state index contributed by atoms with van der Waals surface area (Å²) in [5, 5.41) is 0. The lowest BCUT2D eigenvalue weighted by molar-refractivity contribution is 0.101. The molecule has 0 radical (unpaired) electrons. The topological polar surface area (TPSA) is 44.8 Å². The van der Waals surface area contributed by atoms with E-state index in [1.165, 1.54) is 24.3 Å². The number of halogens is 2. The molecule has 1 aliphatic heterocycles. The maximum Gasteiger partial charge on any atom is 0.231 e. The molecule has 29 heavy (non-hydrogen) atoms. The predicted molar refractivity (Wildman–Crippen MR) is 103 cm³/mol. The Kier molecular flexibility index (Phi) is 4.99. The molecule has 0 aliphatic carbocycles. The van der Waals surface area contributed by atoms with E-state index in [1.54, 1.807) is 37.5 Å². The van der Waals surface area contributed by atoms with Gasteiger partial charge < -0.3 is 14.2 Å². The molecule has 146 valence electrons. The molecule has 0 saturated carbocycles. The van der Waals surface area contributed by atoms with Crippen LogP contribution in [-0.2, 0) is 6.61 Å². The number of hydrogen-bond acceptors (Lipinski definition) is 4. The lowest BCUT2D eigenvalue weighted by Gasteiger charge is -2.09. The molecule has 3 aromatic rings. The molecule has 0 fully saturated rings. The highest BCUT2D eigenvalue weighted by Crippen LogP contribution is 2.35. The largest absolute Gasteiger partial charge is 0.497 e. The number of allylic oxidation sites excluding steroid dienone is 1. The Morgan fingerprint density at radius 3 is 2.48 bits per heavy atom. The maximum atomic E-state index is 13.7. The van der Waals surface area contributed by atoms with Crippen molar-refractivity contribution in [2.45, 2.75) is 6.61 Å². The second-order valence-corrected chi connectivity index (χ2v) is 6.36. The molecule has 0 aromatic heterocycles. The molecule has 0 atom stereocenters. The van der Waals surface area contributed by atoms with Crippen LogP contribution in [0.1, 0.15) is 21.5 Å². The molecule has 0 spiro atoms. The van der Waals surface area contributed by atoms with Gasteiger partial charge in [-0.25, -0.2) is 8.78 Å². The number of rotatable bonds is 5.